The number of hydrogen-bond acceptors (Lipinski definition) is 2. The number of halogens is 1. The summed E-state index contributed by atoms with van der Waals surface area (Å²) in [5.74, 6) is 0.595. The van der Waals surface area contributed by atoms with Gasteiger partial charge in [0.15, 0.2) is 0 Å². The zero-order chi connectivity index (χ0) is 14.1. The summed E-state index contributed by atoms with van der Waals surface area (Å²) in [6.45, 7) is 2.88. The van der Waals surface area contributed by atoms with Crippen LogP contribution in [0.4, 0.5) is 10.1 Å². The summed E-state index contributed by atoms with van der Waals surface area (Å²) >= 11 is 0. The van der Waals surface area contributed by atoms with E-state index in [1.165, 1.54) is 6.07 Å². The third-order valence-electron chi connectivity index (χ3n) is 3.48. The number of aromatic nitrogens is 2. The van der Waals surface area contributed by atoms with Crippen molar-refractivity contribution in [3.8, 4) is 0 Å². The van der Waals surface area contributed by atoms with Crippen LogP contribution < -0.4 is 5.73 Å². The van der Waals surface area contributed by atoms with Crippen molar-refractivity contribution in [1.82, 2.24) is 9.55 Å². The molecule has 102 valence electrons. The number of anilines is 1. The molecule has 3 nitrogen and oxygen atoms in total. The number of rotatable bonds is 3. The Morgan fingerprint density at radius 1 is 1.20 bits per heavy atom. The second-order valence-electron chi connectivity index (χ2n) is 4.79. The number of nitrogen functional groups attached to an aromatic ring is 1. The number of hydrogen-bond donors (Lipinski definition) is 1. The lowest BCUT2D eigenvalue weighted by Gasteiger charge is -2.07. The van der Waals surface area contributed by atoms with E-state index in [9.17, 15) is 4.39 Å². The van der Waals surface area contributed by atoms with E-state index < -0.39 is 0 Å². The predicted molar refractivity (Wildman–Crippen MR) is 79.0 cm³/mol. The summed E-state index contributed by atoms with van der Waals surface area (Å²) < 4.78 is 16.0. The van der Waals surface area contributed by atoms with E-state index in [2.05, 4.69) is 16.5 Å². The Balaban J connectivity index is 2.06. The zero-order valence-corrected chi connectivity index (χ0v) is 11.3. The van der Waals surface area contributed by atoms with Crippen LogP contribution in [0, 0.1) is 5.82 Å². The molecule has 0 saturated heterocycles. The fraction of sp³-hybridized carbons (Fsp3) is 0.188. The highest BCUT2D eigenvalue weighted by molar-refractivity contribution is 5.76. The lowest BCUT2D eigenvalue weighted by molar-refractivity contribution is 0.609. The number of nitrogens with two attached hydrogens (primary N) is 1. The SMILES string of the molecule is CCn1c(Cc2ccc(N)cc2F)nc2ccccc21. The Morgan fingerprint density at radius 3 is 2.75 bits per heavy atom. The fourth-order valence-electron chi connectivity index (χ4n) is 2.49. The van der Waals surface area contributed by atoms with E-state index in [-0.39, 0.29) is 5.82 Å². The van der Waals surface area contributed by atoms with E-state index in [4.69, 9.17) is 5.73 Å². The average molecular weight is 269 g/mol. The average Bonchev–Trinajstić information content (AvgIpc) is 2.79. The molecule has 3 aromatic rings. The number of aryl methyl sites for hydroxylation is 1. The lowest BCUT2D eigenvalue weighted by Crippen LogP contribution is -2.04. The molecule has 3 rings (SSSR count). The molecule has 1 heterocycles. The molecule has 0 amide bonds. The van der Waals surface area contributed by atoms with Gasteiger partial charge < -0.3 is 10.3 Å². The van der Waals surface area contributed by atoms with Gasteiger partial charge in [-0.15, -0.1) is 0 Å². The van der Waals surface area contributed by atoms with E-state index in [1.54, 1.807) is 12.1 Å². The van der Waals surface area contributed by atoms with Crippen LogP contribution in [-0.4, -0.2) is 9.55 Å². The monoisotopic (exact) mass is 269 g/mol. The van der Waals surface area contributed by atoms with Crippen molar-refractivity contribution < 1.29 is 4.39 Å². The highest BCUT2D eigenvalue weighted by Gasteiger charge is 2.12. The largest absolute Gasteiger partial charge is 0.399 e. The quantitative estimate of drug-likeness (QED) is 0.741. The van der Waals surface area contributed by atoms with Gasteiger partial charge in [-0.2, -0.15) is 0 Å². The molecule has 0 aliphatic carbocycles. The van der Waals surface area contributed by atoms with E-state index in [0.717, 1.165) is 23.4 Å². The molecule has 4 heteroatoms. The highest BCUT2D eigenvalue weighted by atomic mass is 19.1. The van der Waals surface area contributed by atoms with Crippen LogP contribution in [-0.2, 0) is 13.0 Å². The predicted octanol–water partition coefficient (Wildman–Crippen LogP) is 3.37. The minimum atomic E-state index is -0.278. The van der Waals surface area contributed by atoms with Gasteiger partial charge in [-0.1, -0.05) is 18.2 Å². The molecule has 2 aromatic carbocycles. The van der Waals surface area contributed by atoms with Gasteiger partial charge >= 0.3 is 0 Å². The summed E-state index contributed by atoms with van der Waals surface area (Å²) in [5, 5.41) is 0. The van der Waals surface area contributed by atoms with Crippen molar-refractivity contribution in [3.63, 3.8) is 0 Å². The van der Waals surface area contributed by atoms with Gasteiger partial charge in [-0.05, 0) is 36.8 Å². The minimum Gasteiger partial charge on any atom is -0.399 e. The van der Waals surface area contributed by atoms with Crippen LogP contribution >= 0.6 is 0 Å². The van der Waals surface area contributed by atoms with Crippen molar-refractivity contribution in [1.29, 1.82) is 0 Å². The number of para-hydroxylation sites is 2. The maximum Gasteiger partial charge on any atom is 0.128 e. The Labute approximate surface area is 116 Å². The molecule has 0 aliphatic rings. The van der Waals surface area contributed by atoms with Gasteiger partial charge in [0.2, 0.25) is 0 Å². The van der Waals surface area contributed by atoms with Crippen molar-refractivity contribution in [2.45, 2.75) is 19.9 Å². The van der Waals surface area contributed by atoms with Crippen LogP contribution in [0.5, 0.6) is 0 Å². The van der Waals surface area contributed by atoms with Gasteiger partial charge in [0, 0.05) is 18.7 Å². The number of fused-ring (bicyclic) bond motifs is 1. The first-order chi connectivity index (χ1) is 9.69. The molecule has 1 aromatic heterocycles. The van der Waals surface area contributed by atoms with Crippen LogP contribution in [0.1, 0.15) is 18.3 Å². The number of benzene rings is 2. The van der Waals surface area contributed by atoms with E-state index in [0.29, 0.717) is 17.7 Å². The third-order valence-corrected chi connectivity index (χ3v) is 3.48. The van der Waals surface area contributed by atoms with Gasteiger partial charge in [0.1, 0.15) is 11.6 Å². The molecule has 0 fully saturated rings. The van der Waals surface area contributed by atoms with Gasteiger partial charge in [0.05, 0.1) is 11.0 Å². The molecule has 0 unspecified atom stereocenters. The standard InChI is InChI=1S/C16H16FN3/c1-2-20-15-6-4-3-5-14(15)19-16(20)9-11-7-8-12(18)10-13(11)17/h3-8,10H,2,9,18H2,1H3. The maximum absolute atomic E-state index is 13.9. The molecule has 0 saturated carbocycles. The smallest absolute Gasteiger partial charge is 0.128 e. The molecule has 2 N–H and O–H groups in total. The second-order valence-corrected chi connectivity index (χ2v) is 4.79. The zero-order valence-electron chi connectivity index (χ0n) is 11.3. The molecule has 0 atom stereocenters. The Kier molecular flexibility index (Phi) is 3.14. The Hall–Kier alpha value is -2.36. The fourth-order valence-corrected chi connectivity index (χ4v) is 2.49. The molecular formula is C16H16FN3. The lowest BCUT2D eigenvalue weighted by atomic mass is 10.1. The first kappa shape index (κ1) is 12.7. The maximum atomic E-state index is 13.9. The normalized spacial score (nSPS) is 11.1. The van der Waals surface area contributed by atoms with Crippen molar-refractivity contribution in [3.05, 3.63) is 59.7 Å². The first-order valence-corrected chi connectivity index (χ1v) is 6.67. The minimum absolute atomic E-state index is 0.278. The molecule has 0 aliphatic heterocycles. The van der Waals surface area contributed by atoms with Gasteiger partial charge in [-0.25, -0.2) is 9.37 Å². The summed E-state index contributed by atoms with van der Waals surface area (Å²) in [5.41, 5.74) is 8.66. The first-order valence-electron chi connectivity index (χ1n) is 6.67. The summed E-state index contributed by atoms with van der Waals surface area (Å²) in [6.07, 6.45) is 0.467. The van der Waals surface area contributed by atoms with E-state index in [1.807, 2.05) is 24.3 Å². The van der Waals surface area contributed by atoms with Crippen LogP contribution in [0.3, 0.4) is 0 Å². The number of nitrogens with zero attached hydrogens (tertiary/aromatic N) is 2. The van der Waals surface area contributed by atoms with E-state index >= 15 is 0 Å². The molecule has 0 bridgehead atoms. The topological polar surface area (TPSA) is 43.8 Å². The van der Waals surface area contributed by atoms with Crippen LogP contribution in [0.15, 0.2) is 42.5 Å². The van der Waals surface area contributed by atoms with Crippen molar-refractivity contribution in [2.75, 3.05) is 5.73 Å². The summed E-state index contributed by atoms with van der Waals surface area (Å²) in [4.78, 5) is 4.61. The summed E-state index contributed by atoms with van der Waals surface area (Å²) in [6, 6.07) is 12.8. The molecular weight excluding hydrogens is 253 g/mol. The van der Waals surface area contributed by atoms with Crippen LogP contribution in [0.25, 0.3) is 11.0 Å². The van der Waals surface area contributed by atoms with Crippen LogP contribution in [0.2, 0.25) is 0 Å². The third kappa shape index (κ3) is 2.13. The summed E-state index contributed by atoms with van der Waals surface area (Å²) in [7, 11) is 0. The Bertz CT molecular complexity index is 762. The Morgan fingerprint density at radius 2 is 2.00 bits per heavy atom. The number of imidazole rings is 1. The van der Waals surface area contributed by atoms with Gasteiger partial charge in [-0.3, -0.25) is 0 Å². The van der Waals surface area contributed by atoms with Crippen molar-refractivity contribution in [2.24, 2.45) is 0 Å². The highest BCUT2D eigenvalue weighted by Crippen LogP contribution is 2.20. The van der Waals surface area contributed by atoms with Crippen molar-refractivity contribution >= 4 is 16.7 Å². The van der Waals surface area contributed by atoms with Gasteiger partial charge in [0.25, 0.3) is 0 Å². The molecule has 0 spiro atoms. The molecule has 0 radical (unpaired) electrons. The second kappa shape index (κ2) is 4.96. The molecule has 20 heavy (non-hydrogen) atoms.